The van der Waals surface area contributed by atoms with Crippen molar-refractivity contribution in [1.82, 2.24) is 0 Å². The number of halogens is 1. The molecule has 0 saturated carbocycles. The Labute approximate surface area is 83.7 Å². The molecule has 1 saturated heterocycles. The monoisotopic (exact) mass is 196 g/mol. The van der Waals surface area contributed by atoms with Crippen molar-refractivity contribution in [3.8, 4) is 0 Å². The zero-order chi connectivity index (χ0) is 9.80. The van der Waals surface area contributed by atoms with E-state index in [1.807, 2.05) is 12.1 Å². The summed E-state index contributed by atoms with van der Waals surface area (Å²) < 4.78 is 12.7. The van der Waals surface area contributed by atoms with Gasteiger partial charge in [-0.25, -0.2) is 4.39 Å². The third-order valence-corrected chi connectivity index (χ3v) is 2.77. The van der Waals surface area contributed by atoms with Crippen molar-refractivity contribution in [2.75, 3.05) is 26.2 Å². The Kier molecular flexibility index (Phi) is 3.11. The van der Waals surface area contributed by atoms with E-state index in [1.54, 1.807) is 17.0 Å². The molecule has 0 unspecified atom stereocenters. The first-order chi connectivity index (χ1) is 6.84. The molecular weight excluding hydrogens is 179 g/mol. The molecule has 14 heavy (non-hydrogen) atoms. The van der Waals surface area contributed by atoms with E-state index in [0.717, 1.165) is 6.54 Å². The number of piperazine rings is 1. The maximum atomic E-state index is 12.7. The Morgan fingerprint density at radius 3 is 2.43 bits per heavy atom. The van der Waals surface area contributed by atoms with Gasteiger partial charge in [0.2, 0.25) is 0 Å². The summed E-state index contributed by atoms with van der Waals surface area (Å²) >= 11 is 0. The van der Waals surface area contributed by atoms with Crippen LogP contribution < -0.4 is 10.2 Å². The van der Waals surface area contributed by atoms with Crippen LogP contribution in [0.4, 0.5) is 4.39 Å². The predicted molar refractivity (Wildman–Crippen MR) is 52.5 cm³/mol. The van der Waals surface area contributed by atoms with E-state index in [-0.39, 0.29) is 5.82 Å². The van der Waals surface area contributed by atoms with Gasteiger partial charge in [-0.1, -0.05) is 12.1 Å². The van der Waals surface area contributed by atoms with Gasteiger partial charge in [-0.05, 0) is 12.1 Å². The van der Waals surface area contributed by atoms with Crippen LogP contribution in [0.1, 0.15) is 5.56 Å². The average molecular weight is 196 g/mol. The van der Waals surface area contributed by atoms with Gasteiger partial charge in [0.05, 0.1) is 0 Å². The fourth-order valence-corrected chi connectivity index (χ4v) is 1.95. The summed E-state index contributed by atoms with van der Waals surface area (Å²) in [7, 11) is 0. The Morgan fingerprint density at radius 2 is 1.79 bits per heavy atom. The van der Waals surface area contributed by atoms with Crippen molar-refractivity contribution in [1.29, 1.82) is 0 Å². The molecule has 0 bridgehead atoms. The first-order valence-electron chi connectivity index (χ1n) is 5.24. The van der Waals surface area contributed by atoms with Gasteiger partial charge in [-0.2, -0.15) is 0 Å². The number of nitrogens with two attached hydrogens (primary N) is 1. The van der Waals surface area contributed by atoms with Crippen LogP contribution in [0.15, 0.2) is 24.3 Å². The largest absolute Gasteiger partial charge is 0.337 e. The second-order valence-corrected chi connectivity index (χ2v) is 3.92. The summed E-state index contributed by atoms with van der Waals surface area (Å²) in [5.74, 6) is -0.143. The van der Waals surface area contributed by atoms with Crippen LogP contribution in [0.25, 0.3) is 0 Å². The average Bonchev–Trinajstić information content (AvgIpc) is 2.23. The van der Waals surface area contributed by atoms with Crippen molar-refractivity contribution in [2.24, 2.45) is 0 Å². The van der Waals surface area contributed by atoms with Gasteiger partial charge in [0.15, 0.2) is 0 Å². The van der Waals surface area contributed by atoms with E-state index < -0.39 is 0 Å². The molecule has 1 aromatic rings. The lowest BCUT2D eigenvalue weighted by atomic mass is 10.2. The highest BCUT2D eigenvalue weighted by Gasteiger charge is 2.15. The lowest BCUT2D eigenvalue weighted by molar-refractivity contribution is -0.958. The summed E-state index contributed by atoms with van der Waals surface area (Å²) in [5.41, 5.74) is 1.24. The lowest BCUT2D eigenvalue weighted by Gasteiger charge is -2.22. The van der Waals surface area contributed by atoms with Crippen LogP contribution in [-0.4, -0.2) is 26.2 Å². The van der Waals surface area contributed by atoms with Crippen LogP contribution in [0.3, 0.4) is 0 Å². The van der Waals surface area contributed by atoms with Gasteiger partial charge < -0.3 is 10.2 Å². The van der Waals surface area contributed by atoms with E-state index in [0.29, 0.717) is 0 Å². The second kappa shape index (κ2) is 4.53. The number of quaternary nitrogens is 2. The molecule has 3 N–H and O–H groups in total. The second-order valence-electron chi connectivity index (χ2n) is 3.92. The number of hydrogen-bond acceptors (Lipinski definition) is 0. The molecule has 0 amide bonds. The molecule has 0 aliphatic carbocycles. The fourth-order valence-electron chi connectivity index (χ4n) is 1.95. The van der Waals surface area contributed by atoms with Crippen molar-refractivity contribution in [3.05, 3.63) is 35.6 Å². The minimum atomic E-state index is -0.143. The molecule has 1 fully saturated rings. The molecule has 76 valence electrons. The molecule has 1 aromatic carbocycles. The van der Waals surface area contributed by atoms with Gasteiger partial charge in [-0.15, -0.1) is 0 Å². The summed E-state index contributed by atoms with van der Waals surface area (Å²) in [4.78, 5) is 1.61. The molecule has 2 rings (SSSR count). The van der Waals surface area contributed by atoms with E-state index >= 15 is 0 Å². The Balaban J connectivity index is 1.92. The number of nitrogens with one attached hydrogen (secondary N) is 1. The Hall–Kier alpha value is -0.930. The normalized spacial score (nSPS) is 18.4. The predicted octanol–water partition coefficient (Wildman–Crippen LogP) is -1.21. The van der Waals surface area contributed by atoms with Gasteiger partial charge in [0.25, 0.3) is 0 Å². The van der Waals surface area contributed by atoms with Crippen LogP contribution in [0.2, 0.25) is 0 Å². The van der Waals surface area contributed by atoms with E-state index in [1.165, 1.54) is 31.7 Å². The molecular formula is C11H17FN2+2. The van der Waals surface area contributed by atoms with Gasteiger partial charge in [0.1, 0.15) is 38.5 Å². The van der Waals surface area contributed by atoms with E-state index in [2.05, 4.69) is 5.32 Å². The molecule has 0 aromatic heterocycles. The molecule has 1 aliphatic heterocycles. The summed E-state index contributed by atoms with van der Waals surface area (Å²) in [6, 6.07) is 6.87. The highest BCUT2D eigenvalue weighted by molar-refractivity contribution is 5.14. The summed E-state index contributed by atoms with van der Waals surface area (Å²) in [6.45, 7) is 5.91. The maximum absolute atomic E-state index is 12.7. The van der Waals surface area contributed by atoms with Crippen LogP contribution in [-0.2, 0) is 6.54 Å². The van der Waals surface area contributed by atoms with Crippen molar-refractivity contribution < 1.29 is 14.6 Å². The highest BCUT2D eigenvalue weighted by atomic mass is 19.1. The van der Waals surface area contributed by atoms with Crippen LogP contribution >= 0.6 is 0 Å². The third-order valence-electron chi connectivity index (χ3n) is 2.77. The molecule has 2 nitrogen and oxygen atoms in total. The quantitative estimate of drug-likeness (QED) is 0.592. The number of hydrogen-bond donors (Lipinski definition) is 2. The maximum Gasteiger partial charge on any atom is 0.127 e. The first-order valence-corrected chi connectivity index (χ1v) is 5.24. The van der Waals surface area contributed by atoms with Gasteiger partial charge >= 0.3 is 0 Å². The zero-order valence-corrected chi connectivity index (χ0v) is 8.30. The van der Waals surface area contributed by atoms with Crippen molar-refractivity contribution >= 4 is 0 Å². The zero-order valence-electron chi connectivity index (χ0n) is 8.30. The SMILES string of the molecule is Fc1ccc(C[NH+]2CC[NH2+]CC2)cc1. The Morgan fingerprint density at radius 1 is 1.14 bits per heavy atom. The smallest absolute Gasteiger partial charge is 0.127 e. The van der Waals surface area contributed by atoms with Crippen molar-refractivity contribution in [2.45, 2.75) is 6.54 Å². The van der Waals surface area contributed by atoms with Gasteiger partial charge in [-0.3, -0.25) is 0 Å². The molecule has 1 aliphatic rings. The van der Waals surface area contributed by atoms with Crippen molar-refractivity contribution in [3.63, 3.8) is 0 Å². The molecule has 0 radical (unpaired) electrons. The van der Waals surface area contributed by atoms with Crippen LogP contribution in [0, 0.1) is 5.82 Å². The van der Waals surface area contributed by atoms with E-state index in [4.69, 9.17) is 0 Å². The molecule has 1 heterocycles. The van der Waals surface area contributed by atoms with Crippen LogP contribution in [0.5, 0.6) is 0 Å². The van der Waals surface area contributed by atoms with E-state index in [9.17, 15) is 4.39 Å². The molecule has 0 spiro atoms. The molecule has 0 atom stereocenters. The third kappa shape index (κ3) is 2.53. The fraction of sp³-hybridized carbons (Fsp3) is 0.455. The summed E-state index contributed by atoms with van der Waals surface area (Å²) in [6.07, 6.45) is 0. The number of benzene rings is 1. The van der Waals surface area contributed by atoms with Gasteiger partial charge in [0, 0.05) is 5.56 Å². The Bertz CT molecular complexity index is 278. The lowest BCUT2D eigenvalue weighted by Crippen LogP contribution is -3.19. The number of rotatable bonds is 2. The highest BCUT2D eigenvalue weighted by Crippen LogP contribution is 2.00. The standard InChI is InChI=1S/C11H15FN2/c12-11-3-1-10(2-4-11)9-14-7-5-13-6-8-14/h1-4,13H,5-9H2/p+2. The minimum Gasteiger partial charge on any atom is -0.337 e. The topological polar surface area (TPSA) is 21.1 Å². The summed E-state index contributed by atoms with van der Waals surface area (Å²) in [5, 5.41) is 2.36. The minimum absolute atomic E-state index is 0.143. The first kappa shape index (κ1) is 9.62. The molecule has 3 heteroatoms.